The normalized spacial score (nSPS) is 34.5. The molecule has 32 heavy (non-hydrogen) atoms. The zero-order valence-electron chi connectivity index (χ0n) is 18.6. The van der Waals surface area contributed by atoms with Gasteiger partial charge in [-0.3, -0.25) is 4.57 Å². The monoisotopic (exact) mass is 462 g/mol. The van der Waals surface area contributed by atoms with Crippen LogP contribution in [0, 0.1) is 5.92 Å². The fourth-order valence-corrected chi connectivity index (χ4v) is 7.12. The third kappa shape index (κ3) is 4.70. The number of hydrogen-bond acceptors (Lipinski definition) is 6. The highest BCUT2D eigenvalue weighted by atomic mass is 32.2. The predicted octanol–water partition coefficient (Wildman–Crippen LogP) is 2.83. The van der Waals surface area contributed by atoms with Gasteiger partial charge >= 0.3 is 6.09 Å². The van der Waals surface area contributed by atoms with Crippen molar-refractivity contribution in [1.29, 1.82) is 0 Å². The lowest BCUT2D eigenvalue weighted by Crippen LogP contribution is -2.55. The molecule has 8 atom stereocenters. The average molecular weight is 463 g/mol. The molecule has 7 nitrogen and oxygen atoms in total. The van der Waals surface area contributed by atoms with E-state index in [1.165, 1.54) is 4.57 Å². The molecule has 176 valence electrons. The number of hydrogen-bond donors (Lipinski definition) is 5. The maximum absolute atomic E-state index is 11.6. The minimum Gasteiger partial charge on any atom is -0.464 e. The molecule has 2 heterocycles. The van der Waals surface area contributed by atoms with Gasteiger partial charge in [0.25, 0.3) is 0 Å². The van der Waals surface area contributed by atoms with Gasteiger partial charge in [0.15, 0.2) is 0 Å². The van der Waals surface area contributed by atoms with Gasteiger partial charge in [-0.25, -0.2) is 4.79 Å². The molecule has 1 aliphatic heterocycles. The van der Waals surface area contributed by atoms with Crippen molar-refractivity contribution >= 4 is 28.8 Å². The first-order valence-corrected chi connectivity index (χ1v) is 12.5. The van der Waals surface area contributed by atoms with Gasteiger partial charge in [-0.2, -0.15) is 0 Å². The first-order valence-electron chi connectivity index (χ1n) is 11.5. The van der Waals surface area contributed by atoms with Crippen LogP contribution < -0.4 is 5.32 Å². The van der Waals surface area contributed by atoms with Crippen LogP contribution in [0.15, 0.2) is 30.5 Å². The topological polar surface area (TPSA) is 115 Å². The maximum atomic E-state index is 11.6. The van der Waals surface area contributed by atoms with E-state index in [-0.39, 0.29) is 22.5 Å². The third-order valence-electron chi connectivity index (χ3n) is 7.12. The maximum Gasteiger partial charge on any atom is 0.416 e. The Morgan fingerprint density at radius 1 is 1.19 bits per heavy atom. The van der Waals surface area contributed by atoms with E-state index in [1.54, 1.807) is 18.0 Å². The van der Waals surface area contributed by atoms with E-state index >= 15 is 0 Å². The van der Waals surface area contributed by atoms with Crippen molar-refractivity contribution in [2.45, 2.75) is 86.8 Å². The second kappa shape index (κ2) is 9.73. The smallest absolute Gasteiger partial charge is 0.416 e. The van der Waals surface area contributed by atoms with E-state index in [1.807, 2.05) is 31.2 Å². The Kier molecular flexibility index (Phi) is 7.17. The summed E-state index contributed by atoms with van der Waals surface area (Å²) < 4.78 is 1.29. The molecule has 2 aliphatic rings. The molecular weight excluding hydrogens is 428 g/mol. The molecule has 1 saturated carbocycles. The third-order valence-corrected chi connectivity index (χ3v) is 8.80. The Bertz CT molecular complexity index is 950. The predicted molar refractivity (Wildman–Crippen MR) is 126 cm³/mol. The number of aliphatic hydroxyl groups is 3. The van der Waals surface area contributed by atoms with E-state index in [0.717, 1.165) is 43.1 Å². The van der Waals surface area contributed by atoms with Crippen molar-refractivity contribution in [3.63, 3.8) is 0 Å². The lowest BCUT2D eigenvalue weighted by molar-refractivity contribution is -0.0710. The Labute approximate surface area is 192 Å². The van der Waals surface area contributed by atoms with Gasteiger partial charge in [-0.1, -0.05) is 31.5 Å². The number of nitrogens with zero attached hydrogens (tertiary/aromatic N) is 1. The van der Waals surface area contributed by atoms with Crippen LogP contribution in [0.2, 0.25) is 0 Å². The van der Waals surface area contributed by atoms with E-state index in [9.17, 15) is 25.2 Å². The van der Waals surface area contributed by atoms with Crippen LogP contribution in [-0.4, -0.2) is 72.0 Å². The van der Waals surface area contributed by atoms with Gasteiger partial charge in [-0.15, -0.1) is 11.8 Å². The quantitative estimate of drug-likeness (QED) is 0.464. The summed E-state index contributed by atoms with van der Waals surface area (Å²) in [4.78, 5) is 11.6. The fraction of sp³-hybridized carbons (Fsp3) is 0.625. The molecular formula is C24H34N2O5S. The molecule has 2 unspecified atom stereocenters. The standard InChI is InChI=1S/C24H34N2O5S/c1-13(10-16-12-26(24(30)31)19-9-4-3-8-18(16)19)25-17-7-5-6-15(11-17)23-22(29)21(28)20(27)14(2)32-23/h3-4,8-9,12-15,17,20-23,25,27-29H,5-7,10-11H2,1-2H3,(H,30,31)/t13-,14+,15?,17?,20-,21-,22+,23+/m1/s1. The van der Waals surface area contributed by atoms with Gasteiger partial charge < -0.3 is 25.7 Å². The number of carbonyl (C=O) groups is 1. The van der Waals surface area contributed by atoms with Crippen LogP contribution in [-0.2, 0) is 6.42 Å². The molecule has 4 rings (SSSR count). The van der Waals surface area contributed by atoms with Gasteiger partial charge in [0.2, 0.25) is 0 Å². The highest BCUT2D eigenvalue weighted by Crippen LogP contribution is 2.42. The molecule has 0 amide bonds. The van der Waals surface area contributed by atoms with Crippen molar-refractivity contribution in [2.75, 3.05) is 0 Å². The number of fused-ring (bicyclic) bond motifs is 1. The summed E-state index contributed by atoms with van der Waals surface area (Å²) in [6.07, 6.45) is 2.64. The summed E-state index contributed by atoms with van der Waals surface area (Å²) in [5, 5.41) is 44.9. The number of carboxylic acid groups (broad SMARTS) is 1. The van der Waals surface area contributed by atoms with E-state index in [4.69, 9.17) is 0 Å². The molecule has 1 saturated heterocycles. The highest BCUT2D eigenvalue weighted by molar-refractivity contribution is 8.00. The van der Waals surface area contributed by atoms with Crippen LogP contribution in [0.4, 0.5) is 4.79 Å². The van der Waals surface area contributed by atoms with Crippen LogP contribution >= 0.6 is 11.8 Å². The Hall–Kier alpha value is -1.58. The molecule has 5 N–H and O–H groups in total. The van der Waals surface area contributed by atoms with E-state index < -0.39 is 24.4 Å². The van der Waals surface area contributed by atoms with Gasteiger partial charge in [0.05, 0.1) is 17.7 Å². The lowest BCUT2D eigenvalue weighted by atomic mass is 9.80. The molecule has 1 aliphatic carbocycles. The first-order chi connectivity index (χ1) is 15.3. The molecule has 0 radical (unpaired) electrons. The van der Waals surface area contributed by atoms with E-state index in [0.29, 0.717) is 11.6 Å². The van der Waals surface area contributed by atoms with Crippen molar-refractivity contribution in [1.82, 2.24) is 9.88 Å². The number of benzene rings is 1. The molecule has 2 aromatic rings. The van der Waals surface area contributed by atoms with Crippen LogP contribution in [0.3, 0.4) is 0 Å². The highest BCUT2D eigenvalue weighted by Gasteiger charge is 2.45. The number of rotatable bonds is 5. The summed E-state index contributed by atoms with van der Waals surface area (Å²) in [7, 11) is 0. The number of nitrogens with one attached hydrogen (secondary N) is 1. The molecule has 8 heteroatoms. The summed E-state index contributed by atoms with van der Waals surface area (Å²) in [6, 6.07) is 8.06. The van der Waals surface area contributed by atoms with Crippen LogP contribution in [0.1, 0.15) is 45.1 Å². The molecule has 0 spiro atoms. The molecule has 1 aromatic heterocycles. The van der Waals surface area contributed by atoms with Crippen LogP contribution in [0.5, 0.6) is 0 Å². The minimum absolute atomic E-state index is 0.0724. The lowest BCUT2D eigenvalue weighted by Gasteiger charge is -2.44. The molecule has 0 bridgehead atoms. The van der Waals surface area contributed by atoms with Crippen molar-refractivity contribution in [2.24, 2.45) is 5.92 Å². The Balaban J connectivity index is 1.41. The summed E-state index contributed by atoms with van der Waals surface area (Å²) >= 11 is 1.60. The SMILES string of the molecule is C[C@H](Cc1cn(C(=O)O)c2ccccc12)NC1CCCC([C@@H]2S[C@@H](C)[C@@H](O)[C@@H](O)[C@@H]2O)C1. The average Bonchev–Trinajstić information content (AvgIpc) is 3.13. The van der Waals surface area contributed by atoms with Crippen molar-refractivity contribution < 1.29 is 25.2 Å². The largest absolute Gasteiger partial charge is 0.464 e. The summed E-state index contributed by atoms with van der Waals surface area (Å²) in [6.45, 7) is 4.04. The number of para-hydroxylation sites is 1. The number of aromatic nitrogens is 1. The number of aliphatic hydroxyl groups excluding tert-OH is 3. The Morgan fingerprint density at radius 3 is 2.69 bits per heavy atom. The zero-order chi connectivity index (χ0) is 23.0. The van der Waals surface area contributed by atoms with Crippen LogP contribution in [0.25, 0.3) is 10.9 Å². The van der Waals surface area contributed by atoms with Gasteiger partial charge in [0.1, 0.15) is 6.10 Å². The first kappa shape index (κ1) is 23.6. The second-order valence-corrected chi connectivity index (χ2v) is 11.1. The fourth-order valence-electron chi connectivity index (χ4n) is 5.51. The molecule has 1 aromatic carbocycles. The van der Waals surface area contributed by atoms with Gasteiger partial charge in [0, 0.05) is 34.2 Å². The molecule has 2 fully saturated rings. The van der Waals surface area contributed by atoms with Crippen molar-refractivity contribution in [3.8, 4) is 0 Å². The Morgan fingerprint density at radius 2 is 1.94 bits per heavy atom. The van der Waals surface area contributed by atoms with Gasteiger partial charge in [-0.05, 0) is 50.2 Å². The second-order valence-electron chi connectivity index (χ2n) is 9.50. The number of thioether (sulfide) groups is 1. The minimum atomic E-state index is -1.09. The summed E-state index contributed by atoms with van der Waals surface area (Å²) in [5.41, 5.74) is 1.72. The van der Waals surface area contributed by atoms with E-state index in [2.05, 4.69) is 12.2 Å². The zero-order valence-corrected chi connectivity index (χ0v) is 19.4. The van der Waals surface area contributed by atoms with Crippen molar-refractivity contribution in [3.05, 3.63) is 36.0 Å². The summed E-state index contributed by atoms with van der Waals surface area (Å²) in [5.74, 6) is 0.284.